The first-order valence-corrected chi connectivity index (χ1v) is 12.6. The van der Waals surface area contributed by atoms with Crippen LogP contribution < -0.4 is 16.0 Å². The summed E-state index contributed by atoms with van der Waals surface area (Å²) in [5, 5.41) is 14.5. The molecule has 2 aliphatic heterocycles. The number of oxime groups is 1. The van der Waals surface area contributed by atoms with Gasteiger partial charge in [-0.2, -0.15) is 0 Å². The molecule has 0 radical (unpaired) electrons. The van der Waals surface area contributed by atoms with Crippen molar-refractivity contribution in [1.82, 2.24) is 25.3 Å². The molecular weight excluding hydrogens is 507 g/mol. The van der Waals surface area contributed by atoms with E-state index in [-0.39, 0.29) is 31.0 Å². The fourth-order valence-electron chi connectivity index (χ4n) is 4.32. The number of nitrogens with one attached hydrogen (secondary N) is 1. The topological polar surface area (TPSA) is 150 Å². The van der Waals surface area contributed by atoms with Crippen molar-refractivity contribution in [3.05, 3.63) is 60.4 Å². The van der Waals surface area contributed by atoms with Gasteiger partial charge in [-0.25, -0.2) is 13.9 Å². The molecule has 204 valence electrons. The maximum atomic E-state index is 15.1. The summed E-state index contributed by atoms with van der Waals surface area (Å²) >= 11 is 0. The molecule has 3 aromatic rings. The van der Waals surface area contributed by atoms with Crippen LogP contribution in [0.15, 0.2) is 54.1 Å². The summed E-state index contributed by atoms with van der Waals surface area (Å²) in [5.41, 5.74) is 8.41. The zero-order valence-electron chi connectivity index (χ0n) is 21.5. The zero-order chi connectivity index (χ0) is 27.5. The Bertz CT molecular complexity index is 1360. The lowest BCUT2D eigenvalue weighted by Crippen LogP contribution is -2.46. The van der Waals surface area contributed by atoms with Crippen LogP contribution in [0.2, 0.25) is 0 Å². The van der Waals surface area contributed by atoms with Gasteiger partial charge in [0.15, 0.2) is 6.10 Å². The second-order valence-electron chi connectivity index (χ2n) is 9.82. The second-order valence-corrected chi connectivity index (χ2v) is 9.82. The number of anilines is 1. The lowest BCUT2D eigenvalue weighted by Gasteiger charge is -2.16. The molecule has 1 aromatic carbocycles. The van der Waals surface area contributed by atoms with E-state index in [1.165, 1.54) is 11.0 Å². The van der Waals surface area contributed by atoms with E-state index >= 15 is 4.39 Å². The molecule has 39 heavy (non-hydrogen) atoms. The Morgan fingerprint density at radius 2 is 2.10 bits per heavy atom. The molecule has 0 saturated carbocycles. The summed E-state index contributed by atoms with van der Waals surface area (Å²) in [6, 6.07) is 7.49. The van der Waals surface area contributed by atoms with Crippen molar-refractivity contribution in [1.29, 1.82) is 0 Å². The van der Waals surface area contributed by atoms with Crippen molar-refractivity contribution in [3.8, 4) is 11.1 Å². The summed E-state index contributed by atoms with van der Waals surface area (Å²) in [7, 11) is 0. The molecule has 3 N–H and O–H groups in total. The van der Waals surface area contributed by atoms with Gasteiger partial charge in [-0.05, 0) is 30.2 Å². The van der Waals surface area contributed by atoms with E-state index in [2.05, 4.69) is 25.8 Å². The quantitative estimate of drug-likeness (QED) is 0.422. The molecular formula is C26H29FN8O4. The maximum Gasteiger partial charge on any atom is 0.414 e. The third-order valence-corrected chi connectivity index (χ3v) is 6.63. The monoisotopic (exact) mass is 536 g/mol. The van der Waals surface area contributed by atoms with Crippen LogP contribution in [-0.4, -0.2) is 69.0 Å². The minimum atomic E-state index is -0.582. The molecule has 5 rings (SSSR count). The van der Waals surface area contributed by atoms with Gasteiger partial charge in [0.25, 0.3) is 0 Å². The first-order valence-electron chi connectivity index (χ1n) is 12.6. The van der Waals surface area contributed by atoms with Crippen LogP contribution in [0.25, 0.3) is 11.1 Å². The van der Waals surface area contributed by atoms with Crippen LogP contribution >= 0.6 is 0 Å². The molecule has 0 spiro atoms. The molecule has 1 fully saturated rings. The smallest absolute Gasteiger partial charge is 0.414 e. The van der Waals surface area contributed by atoms with E-state index in [0.717, 1.165) is 0 Å². The normalized spacial score (nSPS) is 19.6. The van der Waals surface area contributed by atoms with E-state index in [1.807, 2.05) is 13.8 Å². The lowest BCUT2D eigenvalue weighted by molar-refractivity contribution is -0.123. The Morgan fingerprint density at radius 3 is 2.79 bits per heavy atom. The number of amides is 2. The number of benzene rings is 1. The van der Waals surface area contributed by atoms with Crippen LogP contribution in [0, 0.1) is 11.7 Å². The Balaban J connectivity index is 1.19. The lowest BCUT2D eigenvalue weighted by atomic mass is 10.0. The van der Waals surface area contributed by atoms with Gasteiger partial charge >= 0.3 is 6.09 Å². The van der Waals surface area contributed by atoms with Crippen LogP contribution in [0.1, 0.15) is 26.0 Å². The van der Waals surface area contributed by atoms with Crippen LogP contribution in [0.4, 0.5) is 14.9 Å². The highest BCUT2D eigenvalue weighted by Gasteiger charge is 2.33. The third-order valence-electron chi connectivity index (χ3n) is 6.63. The summed E-state index contributed by atoms with van der Waals surface area (Å²) < 4.78 is 22.1. The number of halogens is 1. The average molecular weight is 537 g/mol. The molecule has 0 bridgehead atoms. The van der Waals surface area contributed by atoms with E-state index in [0.29, 0.717) is 41.2 Å². The number of ether oxygens (including phenoxy) is 1. The molecule has 13 heteroatoms. The summed E-state index contributed by atoms with van der Waals surface area (Å²) in [5.74, 6) is -0.692. The predicted octanol–water partition coefficient (Wildman–Crippen LogP) is 2.10. The number of rotatable bonds is 9. The molecule has 3 atom stereocenters. The minimum Gasteiger partial charge on any atom is -0.442 e. The van der Waals surface area contributed by atoms with Gasteiger partial charge in [-0.3, -0.25) is 14.7 Å². The van der Waals surface area contributed by atoms with Gasteiger partial charge in [0.2, 0.25) is 5.91 Å². The predicted molar refractivity (Wildman–Crippen MR) is 139 cm³/mol. The first kappa shape index (κ1) is 26.2. The van der Waals surface area contributed by atoms with Crippen LogP contribution in [-0.2, 0) is 20.9 Å². The number of nitrogens with two attached hydrogens (primary N) is 1. The van der Waals surface area contributed by atoms with Gasteiger partial charge in [0.1, 0.15) is 17.6 Å². The Hall–Kier alpha value is -4.39. The summed E-state index contributed by atoms with van der Waals surface area (Å²) in [4.78, 5) is 35.7. The second kappa shape index (κ2) is 11.2. The van der Waals surface area contributed by atoms with Crippen molar-refractivity contribution in [2.75, 3.05) is 18.0 Å². The van der Waals surface area contributed by atoms with Crippen LogP contribution in [0.3, 0.4) is 0 Å². The van der Waals surface area contributed by atoms with E-state index in [1.54, 1.807) is 47.5 Å². The molecule has 2 aromatic heterocycles. The van der Waals surface area contributed by atoms with Gasteiger partial charge in [-0.1, -0.05) is 30.3 Å². The summed E-state index contributed by atoms with van der Waals surface area (Å²) in [6.45, 7) is 4.68. The molecule has 0 aliphatic carbocycles. The Kier molecular flexibility index (Phi) is 7.50. The van der Waals surface area contributed by atoms with Gasteiger partial charge in [-0.15, -0.1) is 5.10 Å². The Labute approximate surface area is 224 Å². The maximum absolute atomic E-state index is 15.1. The number of carbonyl (C=O) groups excluding carboxylic acids is 2. The number of pyridine rings is 1. The fourth-order valence-corrected chi connectivity index (χ4v) is 4.32. The van der Waals surface area contributed by atoms with Crippen molar-refractivity contribution < 1.29 is 23.6 Å². The van der Waals surface area contributed by atoms with Gasteiger partial charge in [0.05, 0.1) is 43.3 Å². The fraction of sp³-hybridized carbons (Fsp3) is 0.385. The van der Waals surface area contributed by atoms with E-state index in [9.17, 15) is 9.59 Å². The summed E-state index contributed by atoms with van der Waals surface area (Å²) in [6.07, 6.45) is 3.97. The van der Waals surface area contributed by atoms with Gasteiger partial charge < -0.3 is 20.6 Å². The third kappa shape index (κ3) is 5.87. The van der Waals surface area contributed by atoms with E-state index in [4.69, 9.17) is 15.3 Å². The number of aromatic nitrogens is 4. The number of nitrogens with zero attached hydrogens (tertiary/aromatic N) is 6. The highest BCUT2D eigenvalue weighted by molar-refractivity contribution is 6.00. The largest absolute Gasteiger partial charge is 0.442 e. The number of cyclic esters (lactones) is 1. The molecule has 4 heterocycles. The Morgan fingerprint density at radius 1 is 1.26 bits per heavy atom. The highest BCUT2D eigenvalue weighted by Crippen LogP contribution is 2.29. The first-order chi connectivity index (χ1) is 18.8. The molecule has 2 amide bonds. The zero-order valence-corrected chi connectivity index (χ0v) is 21.5. The standard InChI is InChI=1S/C26H29FN8O4/c1-15(2)24(28)25(36)30-12-18-10-23(32-39-18)22-6-3-16(11-29-22)20-5-4-17(9-21(20)27)35-14-19(38-26(35)37)13-34-8-7-31-33-34/h3-9,11,15,18-19,24H,10,12-14,28H2,1-2H3,(H,30,36)/t18-,19-,24+/m0/s1. The van der Waals surface area contributed by atoms with Gasteiger partial charge in [0, 0.05) is 29.9 Å². The van der Waals surface area contributed by atoms with Crippen molar-refractivity contribution in [2.45, 2.75) is 45.1 Å². The number of hydrogen-bond acceptors (Lipinski definition) is 9. The average Bonchev–Trinajstić information content (AvgIpc) is 3.69. The number of hydrogen-bond donors (Lipinski definition) is 2. The van der Waals surface area contributed by atoms with Crippen molar-refractivity contribution in [3.63, 3.8) is 0 Å². The molecule has 0 unspecified atom stereocenters. The van der Waals surface area contributed by atoms with Crippen molar-refractivity contribution >= 4 is 23.4 Å². The molecule has 1 saturated heterocycles. The highest BCUT2D eigenvalue weighted by atomic mass is 19.1. The van der Waals surface area contributed by atoms with Crippen molar-refractivity contribution in [2.24, 2.45) is 16.8 Å². The van der Waals surface area contributed by atoms with E-state index < -0.39 is 24.1 Å². The SMILES string of the molecule is CC(C)[C@@H](N)C(=O)NC[C@@H]1CC(c2ccc(-c3ccc(N4C[C@H](Cn5ccnn5)OC4=O)cc3F)cn2)=NO1. The molecule has 12 nitrogen and oxygen atoms in total. The number of carbonyl (C=O) groups is 2. The minimum absolute atomic E-state index is 0.0326. The van der Waals surface area contributed by atoms with Crippen LogP contribution in [0.5, 0.6) is 0 Å². The molecule has 2 aliphatic rings.